The van der Waals surface area contributed by atoms with Crippen molar-refractivity contribution in [2.45, 2.75) is 25.5 Å². The number of nitrogens with zero attached hydrogens (tertiary/aromatic N) is 1. The van der Waals surface area contributed by atoms with Gasteiger partial charge in [0.25, 0.3) is 0 Å². The van der Waals surface area contributed by atoms with E-state index in [-0.39, 0.29) is 6.10 Å². The van der Waals surface area contributed by atoms with Crippen LogP contribution in [0.15, 0.2) is 24.3 Å². The summed E-state index contributed by atoms with van der Waals surface area (Å²) in [6, 6.07) is 8.13. The van der Waals surface area contributed by atoms with E-state index in [4.69, 9.17) is 6.42 Å². The van der Waals surface area contributed by atoms with Crippen LogP contribution in [0.1, 0.15) is 24.0 Å². The van der Waals surface area contributed by atoms with Crippen molar-refractivity contribution in [3.63, 3.8) is 0 Å². The summed E-state index contributed by atoms with van der Waals surface area (Å²) in [5.74, 6) is 2.62. The molecule has 0 saturated carbocycles. The maximum absolute atomic E-state index is 9.41. The second kappa shape index (κ2) is 5.16. The molecule has 1 aliphatic rings. The highest BCUT2D eigenvalue weighted by Gasteiger charge is 2.16. The molecule has 1 aromatic carbocycles. The minimum absolute atomic E-state index is 0.0972. The second-order valence-corrected chi connectivity index (χ2v) is 4.35. The van der Waals surface area contributed by atoms with Crippen molar-refractivity contribution in [1.29, 1.82) is 0 Å². The Morgan fingerprint density at radius 3 is 2.44 bits per heavy atom. The highest BCUT2D eigenvalue weighted by Crippen LogP contribution is 2.13. The minimum Gasteiger partial charge on any atom is -0.393 e. The number of aliphatic hydroxyl groups excluding tert-OH is 1. The molecule has 0 aromatic heterocycles. The summed E-state index contributed by atoms with van der Waals surface area (Å²) in [5, 5.41) is 9.41. The van der Waals surface area contributed by atoms with E-state index >= 15 is 0 Å². The van der Waals surface area contributed by atoms with Gasteiger partial charge < -0.3 is 5.11 Å². The van der Waals surface area contributed by atoms with Crippen LogP contribution in [0, 0.1) is 12.3 Å². The van der Waals surface area contributed by atoms with E-state index < -0.39 is 0 Å². The first-order valence-electron chi connectivity index (χ1n) is 5.74. The van der Waals surface area contributed by atoms with Crippen molar-refractivity contribution in [2.75, 3.05) is 13.1 Å². The van der Waals surface area contributed by atoms with E-state index in [1.807, 2.05) is 12.1 Å². The number of rotatable bonds is 2. The summed E-state index contributed by atoms with van der Waals surface area (Å²) >= 11 is 0. The van der Waals surface area contributed by atoms with Crippen LogP contribution in [0.2, 0.25) is 0 Å². The first-order chi connectivity index (χ1) is 7.78. The zero-order valence-corrected chi connectivity index (χ0v) is 9.39. The molecule has 0 unspecified atom stereocenters. The van der Waals surface area contributed by atoms with Crippen LogP contribution in [0.4, 0.5) is 0 Å². The molecule has 0 atom stereocenters. The van der Waals surface area contributed by atoms with E-state index in [1.165, 1.54) is 5.56 Å². The molecular formula is C14H17NO. The Kier molecular flexibility index (Phi) is 3.61. The third-order valence-corrected chi connectivity index (χ3v) is 3.08. The van der Waals surface area contributed by atoms with Crippen LogP contribution < -0.4 is 0 Å². The van der Waals surface area contributed by atoms with Gasteiger partial charge in [0.1, 0.15) is 0 Å². The lowest BCUT2D eigenvalue weighted by molar-refractivity contribution is 0.0792. The number of aliphatic hydroxyl groups is 1. The number of terminal acetylenes is 1. The smallest absolute Gasteiger partial charge is 0.0564 e. The van der Waals surface area contributed by atoms with Crippen molar-refractivity contribution in [1.82, 2.24) is 4.90 Å². The molecule has 1 fully saturated rings. The van der Waals surface area contributed by atoms with Gasteiger partial charge in [-0.25, -0.2) is 0 Å². The number of likely N-dealkylation sites (tertiary alicyclic amines) is 1. The fourth-order valence-corrected chi connectivity index (χ4v) is 2.04. The summed E-state index contributed by atoms with van der Waals surface area (Å²) in [4.78, 5) is 2.37. The van der Waals surface area contributed by atoms with Crippen molar-refractivity contribution in [2.24, 2.45) is 0 Å². The topological polar surface area (TPSA) is 23.5 Å². The quantitative estimate of drug-likeness (QED) is 0.758. The first-order valence-corrected chi connectivity index (χ1v) is 5.74. The number of piperidine rings is 1. The SMILES string of the molecule is C#Cc1ccc(CN2CCC(O)CC2)cc1. The van der Waals surface area contributed by atoms with Gasteiger partial charge in [0, 0.05) is 25.2 Å². The number of hydrogen-bond acceptors (Lipinski definition) is 2. The molecule has 2 rings (SSSR count). The maximum atomic E-state index is 9.41. The van der Waals surface area contributed by atoms with Gasteiger partial charge in [-0.1, -0.05) is 18.1 Å². The molecule has 1 saturated heterocycles. The third kappa shape index (κ3) is 2.85. The number of hydrogen-bond donors (Lipinski definition) is 1. The Bertz CT molecular complexity index is 369. The van der Waals surface area contributed by atoms with Gasteiger partial charge >= 0.3 is 0 Å². The summed E-state index contributed by atoms with van der Waals surface area (Å²) in [6.07, 6.45) is 7.00. The van der Waals surface area contributed by atoms with Gasteiger partial charge in [-0.05, 0) is 30.5 Å². The van der Waals surface area contributed by atoms with E-state index in [0.29, 0.717) is 0 Å². The molecule has 0 spiro atoms. The molecular weight excluding hydrogens is 198 g/mol. The van der Waals surface area contributed by atoms with Crippen LogP contribution in [0.5, 0.6) is 0 Å². The Morgan fingerprint density at radius 2 is 1.88 bits per heavy atom. The molecule has 1 N–H and O–H groups in total. The van der Waals surface area contributed by atoms with Crippen molar-refractivity contribution in [3.8, 4) is 12.3 Å². The van der Waals surface area contributed by atoms with Gasteiger partial charge in [-0.2, -0.15) is 0 Å². The number of benzene rings is 1. The lowest BCUT2D eigenvalue weighted by atomic mass is 10.1. The first kappa shape index (κ1) is 11.2. The monoisotopic (exact) mass is 215 g/mol. The maximum Gasteiger partial charge on any atom is 0.0564 e. The van der Waals surface area contributed by atoms with E-state index in [0.717, 1.165) is 38.0 Å². The van der Waals surface area contributed by atoms with E-state index in [1.54, 1.807) is 0 Å². The zero-order valence-electron chi connectivity index (χ0n) is 9.39. The Labute approximate surface area is 96.9 Å². The van der Waals surface area contributed by atoms with Crippen LogP contribution in [-0.2, 0) is 6.54 Å². The normalized spacial score (nSPS) is 18.2. The molecule has 84 valence electrons. The van der Waals surface area contributed by atoms with E-state index in [9.17, 15) is 5.11 Å². The molecule has 0 amide bonds. The average Bonchev–Trinajstić information content (AvgIpc) is 2.33. The standard InChI is InChI=1S/C14H17NO/c1-2-12-3-5-13(6-4-12)11-15-9-7-14(16)8-10-15/h1,3-6,14,16H,7-11H2. The summed E-state index contributed by atoms with van der Waals surface area (Å²) in [5.41, 5.74) is 2.22. The fourth-order valence-electron chi connectivity index (χ4n) is 2.04. The van der Waals surface area contributed by atoms with Gasteiger partial charge in [0.05, 0.1) is 6.10 Å². The zero-order chi connectivity index (χ0) is 11.4. The Balaban J connectivity index is 1.91. The summed E-state index contributed by atoms with van der Waals surface area (Å²) in [7, 11) is 0. The summed E-state index contributed by atoms with van der Waals surface area (Å²) in [6.45, 7) is 2.92. The van der Waals surface area contributed by atoms with Crippen LogP contribution in [0.25, 0.3) is 0 Å². The third-order valence-electron chi connectivity index (χ3n) is 3.08. The predicted molar refractivity (Wildman–Crippen MR) is 64.9 cm³/mol. The highest BCUT2D eigenvalue weighted by atomic mass is 16.3. The average molecular weight is 215 g/mol. The molecule has 0 aliphatic carbocycles. The lowest BCUT2D eigenvalue weighted by Gasteiger charge is -2.29. The Hall–Kier alpha value is -1.30. The van der Waals surface area contributed by atoms with Gasteiger partial charge in [-0.15, -0.1) is 6.42 Å². The summed E-state index contributed by atoms with van der Waals surface area (Å²) < 4.78 is 0. The molecule has 0 bridgehead atoms. The molecule has 1 heterocycles. The van der Waals surface area contributed by atoms with Gasteiger partial charge in [-0.3, -0.25) is 4.90 Å². The lowest BCUT2D eigenvalue weighted by Crippen LogP contribution is -2.35. The molecule has 1 aromatic rings. The Morgan fingerprint density at radius 1 is 1.25 bits per heavy atom. The van der Waals surface area contributed by atoms with Crippen LogP contribution >= 0.6 is 0 Å². The largest absolute Gasteiger partial charge is 0.393 e. The van der Waals surface area contributed by atoms with Crippen molar-refractivity contribution < 1.29 is 5.11 Å². The van der Waals surface area contributed by atoms with Crippen molar-refractivity contribution >= 4 is 0 Å². The van der Waals surface area contributed by atoms with Crippen LogP contribution in [0.3, 0.4) is 0 Å². The second-order valence-electron chi connectivity index (χ2n) is 4.35. The minimum atomic E-state index is -0.0972. The molecule has 2 heteroatoms. The highest BCUT2D eigenvalue weighted by molar-refractivity contribution is 5.34. The van der Waals surface area contributed by atoms with Crippen LogP contribution in [-0.4, -0.2) is 29.2 Å². The molecule has 16 heavy (non-hydrogen) atoms. The molecule has 1 aliphatic heterocycles. The van der Waals surface area contributed by atoms with Gasteiger partial charge in [0.15, 0.2) is 0 Å². The van der Waals surface area contributed by atoms with Gasteiger partial charge in [0.2, 0.25) is 0 Å². The van der Waals surface area contributed by atoms with E-state index in [2.05, 4.69) is 23.0 Å². The molecule has 2 nitrogen and oxygen atoms in total. The fraction of sp³-hybridized carbons (Fsp3) is 0.429. The molecule has 0 radical (unpaired) electrons. The van der Waals surface area contributed by atoms with Crippen molar-refractivity contribution in [3.05, 3.63) is 35.4 Å². The predicted octanol–water partition coefficient (Wildman–Crippen LogP) is 1.62.